The lowest BCUT2D eigenvalue weighted by molar-refractivity contribution is 0.0697. The molecule has 1 saturated carbocycles. The molecule has 5 aromatic rings. The molecule has 0 amide bonds. The highest BCUT2D eigenvalue weighted by molar-refractivity contribution is 7.09. The number of carboxylic acid groups (broad SMARTS) is 1. The Kier molecular flexibility index (Phi) is 6.92. The van der Waals surface area contributed by atoms with Gasteiger partial charge in [-0.15, -0.1) is 11.3 Å². The fourth-order valence-electron chi connectivity index (χ4n) is 5.61. The standard InChI is InChI=1S/C30H25FN8O3S/c31-22-9-18(12-32)1-2-20(22)16-42-28-5-6-34-30(36-28)38-8-7-37(25-11-26(25)38)15-27-35-23-4-3-19(29(40)41)10-24(23)39(27)14-21-13-33-17-43-21/h1-6,9-10,13,17,25-26H,7-8,11,14-16H2,(H,40,41)/t25-,26+/m1/s1. The third-order valence-electron chi connectivity index (χ3n) is 7.87. The van der Waals surface area contributed by atoms with E-state index in [0.29, 0.717) is 43.1 Å². The zero-order valence-electron chi connectivity index (χ0n) is 22.8. The first kappa shape index (κ1) is 26.9. The Morgan fingerprint density at radius 1 is 1.14 bits per heavy atom. The largest absolute Gasteiger partial charge is 0.478 e. The number of benzene rings is 2. The van der Waals surface area contributed by atoms with Crippen LogP contribution in [0.2, 0.25) is 0 Å². The minimum absolute atomic E-state index is 0.00960. The van der Waals surface area contributed by atoms with Gasteiger partial charge in [-0.2, -0.15) is 10.2 Å². The molecule has 2 atom stereocenters. The Bertz CT molecular complexity index is 1870. The Balaban J connectivity index is 1.06. The van der Waals surface area contributed by atoms with Crippen LogP contribution in [0.25, 0.3) is 11.0 Å². The van der Waals surface area contributed by atoms with E-state index in [1.54, 1.807) is 59.4 Å². The maximum Gasteiger partial charge on any atom is 0.335 e. The van der Waals surface area contributed by atoms with Crippen LogP contribution in [0, 0.1) is 17.1 Å². The van der Waals surface area contributed by atoms with Crippen molar-refractivity contribution in [1.29, 1.82) is 5.26 Å². The van der Waals surface area contributed by atoms with Crippen molar-refractivity contribution in [2.45, 2.75) is 38.2 Å². The van der Waals surface area contributed by atoms with Crippen molar-refractivity contribution in [2.24, 2.45) is 0 Å². The third kappa shape index (κ3) is 5.38. The van der Waals surface area contributed by atoms with Gasteiger partial charge in [0.2, 0.25) is 11.8 Å². The summed E-state index contributed by atoms with van der Waals surface area (Å²) in [5.41, 5.74) is 4.18. The van der Waals surface area contributed by atoms with Gasteiger partial charge < -0.3 is 19.3 Å². The number of thiazole rings is 1. The predicted octanol–water partition coefficient (Wildman–Crippen LogP) is 4.08. The highest BCUT2D eigenvalue weighted by atomic mass is 32.1. The van der Waals surface area contributed by atoms with Crippen LogP contribution in [0.15, 0.2) is 60.4 Å². The van der Waals surface area contributed by atoms with Gasteiger partial charge in [0, 0.05) is 54.1 Å². The number of hydrogen-bond acceptors (Lipinski definition) is 10. The minimum Gasteiger partial charge on any atom is -0.478 e. The summed E-state index contributed by atoms with van der Waals surface area (Å²) in [5, 5.41) is 18.5. The van der Waals surface area contributed by atoms with Crippen molar-refractivity contribution in [3.63, 3.8) is 0 Å². The molecule has 13 heteroatoms. The van der Waals surface area contributed by atoms with Crippen LogP contribution in [0.1, 0.15) is 38.6 Å². The Labute approximate surface area is 249 Å². The van der Waals surface area contributed by atoms with Crippen LogP contribution in [-0.4, -0.2) is 65.7 Å². The van der Waals surface area contributed by atoms with E-state index in [0.717, 1.165) is 34.7 Å². The molecule has 1 N–H and O–H groups in total. The summed E-state index contributed by atoms with van der Waals surface area (Å²) >= 11 is 1.56. The number of carboxylic acids is 1. The number of ether oxygens (including phenoxy) is 1. The van der Waals surface area contributed by atoms with E-state index in [4.69, 9.17) is 15.0 Å². The molecule has 0 radical (unpaired) electrons. The van der Waals surface area contributed by atoms with Crippen LogP contribution in [0.4, 0.5) is 10.3 Å². The Morgan fingerprint density at radius 3 is 2.84 bits per heavy atom. The first-order valence-electron chi connectivity index (χ1n) is 13.7. The highest BCUT2D eigenvalue weighted by Gasteiger charge is 2.50. The summed E-state index contributed by atoms with van der Waals surface area (Å²) in [5.74, 6) is 0.346. The van der Waals surface area contributed by atoms with Gasteiger partial charge in [-0.1, -0.05) is 6.07 Å². The second-order valence-electron chi connectivity index (χ2n) is 10.5. The summed E-state index contributed by atoms with van der Waals surface area (Å²) in [4.78, 5) is 35.5. The smallest absolute Gasteiger partial charge is 0.335 e. The number of halogens is 1. The van der Waals surface area contributed by atoms with E-state index in [9.17, 15) is 14.3 Å². The van der Waals surface area contributed by atoms with Gasteiger partial charge in [0.1, 0.15) is 18.2 Å². The molecule has 11 nitrogen and oxygen atoms in total. The van der Waals surface area contributed by atoms with Gasteiger partial charge in [0.15, 0.2) is 0 Å². The molecule has 2 aliphatic rings. The number of carbonyl (C=O) groups is 1. The molecule has 2 aromatic carbocycles. The summed E-state index contributed by atoms with van der Waals surface area (Å²) in [6, 6.07) is 13.5. The molecule has 1 aliphatic carbocycles. The van der Waals surface area contributed by atoms with Crippen LogP contribution in [0.3, 0.4) is 0 Å². The molecular weight excluding hydrogens is 571 g/mol. The van der Waals surface area contributed by atoms with E-state index in [-0.39, 0.29) is 23.8 Å². The molecule has 0 unspecified atom stereocenters. The van der Waals surface area contributed by atoms with Crippen LogP contribution < -0.4 is 9.64 Å². The molecule has 0 bridgehead atoms. The number of aromatic carboxylic acids is 1. The lowest BCUT2D eigenvalue weighted by Gasteiger charge is -2.34. The monoisotopic (exact) mass is 596 g/mol. The SMILES string of the molecule is N#Cc1ccc(COc2ccnc(N3CCN(Cc4nc5ccc(C(=O)O)cc5n4Cc4cncs4)[C@@H]4C[C@@H]43)n2)c(F)c1. The van der Waals surface area contributed by atoms with Crippen molar-refractivity contribution >= 4 is 34.3 Å². The topological polar surface area (TPSA) is 133 Å². The number of piperazine rings is 1. The van der Waals surface area contributed by atoms with Crippen molar-refractivity contribution in [2.75, 3.05) is 18.0 Å². The molecule has 2 fully saturated rings. The van der Waals surface area contributed by atoms with Gasteiger partial charge in [0.05, 0.1) is 46.8 Å². The Hall–Kier alpha value is -4.93. The number of aromatic nitrogens is 5. The van der Waals surface area contributed by atoms with E-state index < -0.39 is 11.8 Å². The van der Waals surface area contributed by atoms with Crippen molar-refractivity contribution < 1.29 is 19.0 Å². The minimum atomic E-state index is -0.968. The number of nitrogens with zero attached hydrogens (tertiary/aromatic N) is 8. The second kappa shape index (κ2) is 11.0. The van der Waals surface area contributed by atoms with Gasteiger partial charge in [-0.3, -0.25) is 9.88 Å². The third-order valence-corrected chi connectivity index (χ3v) is 8.63. The number of anilines is 1. The van der Waals surface area contributed by atoms with Crippen LogP contribution >= 0.6 is 11.3 Å². The fraction of sp³-hybridized carbons (Fsp3) is 0.267. The quantitative estimate of drug-likeness (QED) is 0.265. The average Bonchev–Trinajstić information content (AvgIpc) is 3.53. The predicted molar refractivity (Wildman–Crippen MR) is 155 cm³/mol. The number of rotatable bonds is 9. The number of fused-ring (bicyclic) bond motifs is 2. The molecule has 0 spiro atoms. The summed E-state index contributed by atoms with van der Waals surface area (Å²) in [7, 11) is 0. The lowest BCUT2D eigenvalue weighted by Crippen LogP contribution is -2.46. The normalized spacial score (nSPS) is 17.9. The highest BCUT2D eigenvalue weighted by Crippen LogP contribution is 2.39. The first-order valence-corrected chi connectivity index (χ1v) is 14.6. The van der Waals surface area contributed by atoms with Gasteiger partial charge >= 0.3 is 5.97 Å². The summed E-state index contributed by atoms with van der Waals surface area (Å²) < 4.78 is 22.1. The van der Waals surface area contributed by atoms with E-state index in [1.807, 2.05) is 12.3 Å². The Morgan fingerprint density at radius 2 is 2.05 bits per heavy atom. The second-order valence-corrected chi connectivity index (χ2v) is 11.5. The zero-order valence-corrected chi connectivity index (χ0v) is 23.6. The van der Waals surface area contributed by atoms with Gasteiger partial charge in [-0.05, 0) is 36.8 Å². The molecule has 43 heavy (non-hydrogen) atoms. The number of imidazole rings is 1. The summed E-state index contributed by atoms with van der Waals surface area (Å²) in [6.45, 7) is 2.68. The maximum absolute atomic E-state index is 14.3. The number of hydrogen-bond donors (Lipinski definition) is 1. The van der Waals surface area contributed by atoms with Gasteiger partial charge in [-0.25, -0.2) is 19.2 Å². The van der Waals surface area contributed by atoms with Gasteiger partial charge in [0.25, 0.3) is 0 Å². The van der Waals surface area contributed by atoms with E-state index in [1.165, 1.54) is 6.07 Å². The van der Waals surface area contributed by atoms with Crippen molar-refractivity contribution in [3.05, 3.63) is 93.6 Å². The molecule has 7 rings (SSSR count). The summed E-state index contributed by atoms with van der Waals surface area (Å²) in [6.07, 6.45) is 4.43. The first-order chi connectivity index (χ1) is 21.0. The van der Waals surface area contributed by atoms with E-state index >= 15 is 0 Å². The maximum atomic E-state index is 14.3. The van der Waals surface area contributed by atoms with Crippen LogP contribution in [-0.2, 0) is 19.7 Å². The molecule has 3 aromatic heterocycles. The van der Waals surface area contributed by atoms with Crippen molar-refractivity contribution in [1.82, 2.24) is 29.4 Å². The molecule has 1 aliphatic heterocycles. The van der Waals surface area contributed by atoms with Crippen molar-refractivity contribution in [3.8, 4) is 11.9 Å². The molecule has 4 heterocycles. The zero-order chi connectivity index (χ0) is 29.5. The molecule has 216 valence electrons. The molecule has 1 saturated heterocycles. The lowest BCUT2D eigenvalue weighted by atomic mass is 10.1. The van der Waals surface area contributed by atoms with E-state index in [2.05, 4.69) is 29.3 Å². The van der Waals surface area contributed by atoms with Crippen LogP contribution in [0.5, 0.6) is 5.88 Å². The number of nitriles is 1. The average molecular weight is 597 g/mol. The fourth-order valence-corrected chi connectivity index (χ4v) is 6.19. The molecular formula is C30H25FN8O3S.